The van der Waals surface area contributed by atoms with Crippen LogP contribution in [-0.4, -0.2) is 29.2 Å². The molecule has 3 aromatic rings. The first-order valence-corrected chi connectivity index (χ1v) is 8.53. The van der Waals surface area contributed by atoms with E-state index in [1.54, 1.807) is 31.6 Å². The van der Waals surface area contributed by atoms with Crippen molar-refractivity contribution >= 4 is 20.7 Å². The van der Waals surface area contributed by atoms with Gasteiger partial charge >= 0.3 is 0 Å². The molecule has 6 nitrogen and oxygen atoms in total. The van der Waals surface area contributed by atoms with Crippen LogP contribution in [0.3, 0.4) is 0 Å². The third-order valence-electron chi connectivity index (χ3n) is 3.60. The van der Waals surface area contributed by atoms with Crippen LogP contribution in [0.5, 0.6) is 0 Å². The third kappa shape index (κ3) is 2.23. The molecule has 0 aliphatic rings. The number of nitrogens with one attached hydrogen (secondary N) is 1. The largest absolute Gasteiger partial charge is 0.357 e. The molecule has 1 N–H and O–H groups in total. The van der Waals surface area contributed by atoms with Crippen LogP contribution >= 0.6 is 0 Å². The van der Waals surface area contributed by atoms with Crippen molar-refractivity contribution in [2.75, 3.05) is 6.26 Å². The number of pyridine rings is 2. The fraction of sp³-hybridized carbons (Fsp3) is 0.200. The van der Waals surface area contributed by atoms with E-state index in [1.807, 2.05) is 6.92 Å². The van der Waals surface area contributed by atoms with Gasteiger partial charge in [0, 0.05) is 36.6 Å². The standard InChI is InChI=1S/C15H15N3O3S/c1-9-4-5-12(22(3,20)21)17-13(9)11-8-18(2)15(19)14-10(11)6-7-16-14/h4-8,16H,1-3H3. The summed E-state index contributed by atoms with van der Waals surface area (Å²) in [7, 11) is -1.74. The summed E-state index contributed by atoms with van der Waals surface area (Å²) in [5.41, 5.74) is 2.46. The topological polar surface area (TPSA) is 84.8 Å². The Morgan fingerprint density at radius 3 is 2.64 bits per heavy atom. The number of fused-ring (bicyclic) bond motifs is 1. The summed E-state index contributed by atoms with van der Waals surface area (Å²) in [4.78, 5) is 19.3. The predicted molar refractivity (Wildman–Crippen MR) is 84.6 cm³/mol. The molecule has 3 rings (SSSR count). The molecule has 3 aromatic heterocycles. The molecular weight excluding hydrogens is 302 g/mol. The molecule has 3 heterocycles. The van der Waals surface area contributed by atoms with E-state index in [4.69, 9.17) is 0 Å². The Morgan fingerprint density at radius 1 is 1.23 bits per heavy atom. The average molecular weight is 317 g/mol. The van der Waals surface area contributed by atoms with Crippen molar-refractivity contribution in [2.45, 2.75) is 11.9 Å². The van der Waals surface area contributed by atoms with Crippen LogP contribution in [0.15, 0.2) is 40.4 Å². The molecule has 22 heavy (non-hydrogen) atoms. The molecule has 0 saturated carbocycles. The Labute approximate surface area is 127 Å². The SMILES string of the molecule is Cc1ccc(S(C)(=O)=O)nc1-c1cn(C)c(=O)c2[nH]ccc12. The van der Waals surface area contributed by atoms with Gasteiger partial charge in [0.1, 0.15) is 5.52 Å². The Kier molecular flexibility index (Phi) is 3.17. The summed E-state index contributed by atoms with van der Waals surface area (Å²) < 4.78 is 24.9. The monoisotopic (exact) mass is 317 g/mol. The van der Waals surface area contributed by atoms with Gasteiger partial charge in [0.25, 0.3) is 5.56 Å². The Hall–Kier alpha value is -2.41. The molecule has 7 heteroatoms. The minimum absolute atomic E-state index is 0.0191. The average Bonchev–Trinajstić information content (AvgIpc) is 2.92. The highest BCUT2D eigenvalue weighted by atomic mass is 32.2. The van der Waals surface area contributed by atoms with Crippen LogP contribution in [0, 0.1) is 6.92 Å². The summed E-state index contributed by atoms with van der Waals surface area (Å²) >= 11 is 0. The van der Waals surface area contributed by atoms with E-state index in [0.717, 1.165) is 22.8 Å². The van der Waals surface area contributed by atoms with E-state index in [0.29, 0.717) is 11.2 Å². The third-order valence-corrected chi connectivity index (χ3v) is 4.59. The number of sulfone groups is 1. The quantitative estimate of drug-likeness (QED) is 0.778. The van der Waals surface area contributed by atoms with Gasteiger partial charge in [-0.2, -0.15) is 0 Å². The van der Waals surface area contributed by atoms with E-state index >= 15 is 0 Å². The summed E-state index contributed by atoms with van der Waals surface area (Å²) in [6, 6.07) is 5.01. The molecule has 0 atom stereocenters. The lowest BCUT2D eigenvalue weighted by molar-refractivity contribution is 0.598. The van der Waals surface area contributed by atoms with E-state index in [1.165, 1.54) is 10.6 Å². The normalized spacial score (nSPS) is 12.0. The van der Waals surface area contributed by atoms with Gasteiger partial charge in [-0.15, -0.1) is 0 Å². The fourth-order valence-electron chi connectivity index (χ4n) is 2.45. The number of hydrogen-bond donors (Lipinski definition) is 1. The van der Waals surface area contributed by atoms with Crippen molar-refractivity contribution in [3.63, 3.8) is 0 Å². The summed E-state index contributed by atoms with van der Waals surface area (Å²) in [5.74, 6) is 0. The van der Waals surface area contributed by atoms with Gasteiger partial charge < -0.3 is 9.55 Å². The van der Waals surface area contributed by atoms with Crippen LogP contribution in [0.25, 0.3) is 22.2 Å². The number of H-pyrrole nitrogens is 1. The highest BCUT2D eigenvalue weighted by Crippen LogP contribution is 2.28. The second-order valence-electron chi connectivity index (χ2n) is 5.31. The van der Waals surface area contributed by atoms with Gasteiger partial charge in [-0.25, -0.2) is 13.4 Å². The summed E-state index contributed by atoms with van der Waals surface area (Å²) in [5, 5.41) is 0.745. The number of nitrogens with zero attached hydrogens (tertiary/aromatic N) is 2. The number of aryl methyl sites for hydroxylation is 2. The minimum atomic E-state index is -3.40. The molecule has 0 aliphatic carbocycles. The zero-order valence-corrected chi connectivity index (χ0v) is 13.2. The molecule has 0 amide bonds. The van der Waals surface area contributed by atoms with Crippen molar-refractivity contribution in [1.29, 1.82) is 0 Å². The van der Waals surface area contributed by atoms with Crippen LogP contribution in [-0.2, 0) is 16.9 Å². The molecule has 114 valence electrons. The van der Waals surface area contributed by atoms with Crippen molar-refractivity contribution in [3.05, 3.63) is 46.5 Å². The molecule has 0 aliphatic heterocycles. The summed E-state index contributed by atoms with van der Waals surface area (Å²) in [6.07, 6.45) is 4.49. The van der Waals surface area contributed by atoms with E-state index in [2.05, 4.69) is 9.97 Å². The van der Waals surface area contributed by atoms with Gasteiger partial charge in [0.2, 0.25) is 0 Å². The Morgan fingerprint density at radius 2 is 1.95 bits per heavy atom. The van der Waals surface area contributed by atoms with Crippen LogP contribution in [0.2, 0.25) is 0 Å². The first-order valence-electron chi connectivity index (χ1n) is 6.64. The van der Waals surface area contributed by atoms with Crippen LogP contribution in [0.4, 0.5) is 0 Å². The zero-order chi connectivity index (χ0) is 16.1. The van der Waals surface area contributed by atoms with Gasteiger partial charge in [-0.05, 0) is 24.6 Å². The molecule has 0 spiro atoms. The van der Waals surface area contributed by atoms with Gasteiger partial charge in [0.15, 0.2) is 14.9 Å². The minimum Gasteiger partial charge on any atom is -0.357 e. The number of hydrogen-bond acceptors (Lipinski definition) is 4. The van der Waals surface area contributed by atoms with Crippen LogP contribution < -0.4 is 5.56 Å². The number of aromatic nitrogens is 3. The van der Waals surface area contributed by atoms with E-state index < -0.39 is 9.84 Å². The number of rotatable bonds is 2. The molecule has 0 unspecified atom stereocenters. The smallest absolute Gasteiger partial charge is 0.274 e. The highest BCUT2D eigenvalue weighted by molar-refractivity contribution is 7.90. The van der Waals surface area contributed by atoms with Crippen molar-refractivity contribution in [2.24, 2.45) is 7.05 Å². The Balaban J connectivity index is 2.40. The molecule has 0 radical (unpaired) electrons. The van der Waals surface area contributed by atoms with Gasteiger partial charge in [-0.3, -0.25) is 4.79 Å². The zero-order valence-electron chi connectivity index (χ0n) is 12.4. The lowest BCUT2D eigenvalue weighted by Gasteiger charge is -2.10. The van der Waals surface area contributed by atoms with Gasteiger partial charge in [0.05, 0.1) is 5.69 Å². The number of aromatic amines is 1. The van der Waals surface area contributed by atoms with Gasteiger partial charge in [-0.1, -0.05) is 6.07 Å². The highest BCUT2D eigenvalue weighted by Gasteiger charge is 2.16. The molecule has 0 aromatic carbocycles. The lowest BCUT2D eigenvalue weighted by Crippen LogP contribution is -2.17. The van der Waals surface area contributed by atoms with Crippen molar-refractivity contribution in [3.8, 4) is 11.3 Å². The lowest BCUT2D eigenvalue weighted by atomic mass is 10.1. The van der Waals surface area contributed by atoms with E-state index in [9.17, 15) is 13.2 Å². The molecule has 0 bridgehead atoms. The predicted octanol–water partition coefficient (Wildman–Crippen LogP) is 1.64. The second kappa shape index (κ2) is 4.81. The first kappa shape index (κ1) is 14.5. The van der Waals surface area contributed by atoms with Crippen molar-refractivity contribution < 1.29 is 8.42 Å². The maximum Gasteiger partial charge on any atom is 0.274 e. The van der Waals surface area contributed by atoms with Crippen molar-refractivity contribution in [1.82, 2.24) is 14.5 Å². The maximum absolute atomic E-state index is 12.1. The molecule has 0 fully saturated rings. The fourth-order valence-corrected chi connectivity index (χ4v) is 3.02. The molecular formula is C15H15N3O3S. The second-order valence-corrected chi connectivity index (χ2v) is 7.27. The summed E-state index contributed by atoms with van der Waals surface area (Å²) in [6.45, 7) is 1.86. The molecule has 0 saturated heterocycles. The van der Waals surface area contributed by atoms with Crippen LogP contribution in [0.1, 0.15) is 5.56 Å². The van der Waals surface area contributed by atoms with E-state index in [-0.39, 0.29) is 10.6 Å². The maximum atomic E-state index is 12.1. The first-order chi connectivity index (χ1) is 10.3. The Bertz CT molecular complexity index is 1050.